The highest BCUT2D eigenvalue weighted by Gasteiger charge is 2.29. The van der Waals surface area contributed by atoms with Gasteiger partial charge in [-0.3, -0.25) is 4.68 Å². The van der Waals surface area contributed by atoms with Crippen LogP contribution in [0, 0.1) is 0 Å². The third kappa shape index (κ3) is 3.18. The van der Waals surface area contributed by atoms with E-state index in [1.165, 1.54) is 38.5 Å². The lowest BCUT2D eigenvalue weighted by Gasteiger charge is -2.22. The Kier molecular flexibility index (Phi) is 3.89. The van der Waals surface area contributed by atoms with Gasteiger partial charge in [-0.2, -0.15) is 5.10 Å². The molecule has 4 nitrogen and oxygen atoms in total. The number of nitrogens with zero attached hydrogens (tertiary/aromatic N) is 2. The molecule has 0 spiro atoms. The van der Waals surface area contributed by atoms with Crippen LogP contribution in [0.3, 0.4) is 0 Å². The Bertz CT molecular complexity index is 403. The van der Waals surface area contributed by atoms with Crippen LogP contribution in [0.2, 0.25) is 0 Å². The van der Waals surface area contributed by atoms with Crippen LogP contribution in [0.4, 0.5) is 0 Å². The molecule has 4 heteroatoms. The SMILES string of the molecule is NC1(COCc2ccn(C3CCCC3)n2)CCCC1. The van der Waals surface area contributed by atoms with Crippen LogP contribution >= 0.6 is 0 Å². The molecule has 19 heavy (non-hydrogen) atoms. The van der Waals surface area contributed by atoms with Crippen LogP contribution in [0.15, 0.2) is 12.3 Å². The first-order valence-electron chi connectivity index (χ1n) is 7.66. The average Bonchev–Trinajstić information content (AvgIpc) is 3.08. The third-order valence-corrected chi connectivity index (χ3v) is 4.60. The van der Waals surface area contributed by atoms with Crippen molar-refractivity contribution < 1.29 is 4.74 Å². The van der Waals surface area contributed by atoms with Gasteiger partial charge in [0.25, 0.3) is 0 Å². The molecule has 0 amide bonds. The molecular formula is C15H25N3O. The maximum atomic E-state index is 6.28. The highest BCUT2D eigenvalue weighted by atomic mass is 16.5. The van der Waals surface area contributed by atoms with Crippen LogP contribution < -0.4 is 5.73 Å². The number of rotatable bonds is 5. The van der Waals surface area contributed by atoms with E-state index < -0.39 is 0 Å². The minimum absolute atomic E-state index is 0.0754. The highest BCUT2D eigenvalue weighted by molar-refractivity contribution is 4.99. The molecule has 0 radical (unpaired) electrons. The summed E-state index contributed by atoms with van der Waals surface area (Å²) in [5.74, 6) is 0. The van der Waals surface area contributed by atoms with Crippen molar-refractivity contribution in [2.45, 2.75) is 69.6 Å². The molecule has 1 heterocycles. The van der Waals surface area contributed by atoms with Crippen LogP contribution in [-0.4, -0.2) is 21.9 Å². The molecule has 2 N–H and O–H groups in total. The molecule has 0 unspecified atom stereocenters. The summed E-state index contributed by atoms with van der Waals surface area (Å²) in [6, 6.07) is 2.69. The van der Waals surface area contributed by atoms with Gasteiger partial charge in [-0.1, -0.05) is 25.7 Å². The number of ether oxygens (including phenoxy) is 1. The Morgan fingerprint density at radius 3 is 2.74 bits per heavy atom. The van der Waals surface area contributed by atoms with Gasteiger partial charge in [-0.25, -0.2) is 0 Å². The monoisotopic (exact) mass is 263 g/mol. The van der Waals surface area contributed by atoms with Gasteiger partial charge >= 0.3 is 0 Å². The van der Waals surface area contributed by atoms with Gasteiger partial charge in [-0.05, 0) is 31.7 Å². The Labute approximate surface area is 115 Å². The van der Waals surface area contributed by atoms with Gasteiger partial charge in [0.05, 0.1) is 24.9 Å². The Balaban J connectivity index is 1.47. The largest absolute Gasteiger partial charge is 0.373 e. The van der Waals surface area contributed by atoms with Gasteiger partial charge < -0.3 is 10.5 Å². The summed E-state index contributed by atoms with van der Waals surface area (Å²) in [4.78, 5) is 0. The first-order chi connectivity index (χ1) is 9.25. The smallest absolute Gasteiger partial charge is 0.0907 e. The van der Waals surface area contributed by atoms with E-state index >= 15 is 0 Å². The standard InChI is InChI=1S/C15H25N3O/c16-15(8-3-4-9-15)12-19-11-13-7-10-18(17-13)14-5-1-2-6-14/h7,10,14H,1-6,8-9,11-12,16H2. The zero-order chi connectivity index (χ0) is 13.1. The molecule has 106 valence electrons. The molecule has 2 saturated carbocycles. The summed E-state index contributed by atoms with van der Waals surface area (Å²) in [5.41, 5.74) is 7.24. The second kappa shape index (κ2) is 5.63. The van der Waals surface area contributed by atoms with Crippen LogP contribution in [-0.2, 0) is 11.3 Å². The van der Waals surface area contributed by atoms with E-state index in [1.807, 2.05) is 0 Å². The van der Waals surface area contributed by atoms with Crippen molar-refractivity contribution in [3.8, 4) is 0 Å². The van der Waals surface area contributed by atoms with E-state index in [9.17, 15) is 0 Å². The zero-order valence-electron chi connectivity index (χ0n) is 11.7. The van der Waals surface area contributed by atoms with E-state index in [-0.39, 0.29) is 5.54 Å². The second-order valence-corrected chi connectivity index (χ2v) is 6.29. The third-order valence-electron chi connectivity index (χ3n) is 4.60. The van der Waals surface area contributed by atoms with Gasteiger partial charge in [0, 0.05) is 11.7 Å². The molecule has 3 rings (SSSR count). The molecule has 2 aliphatic rings. The minimum Gasteiger partial charge on any atom is -0.373 e. The molecule has 0 bridgehead atoms. The molecule has 0 aromatic carbocycles. The molecule has 0 aliphatic heterocycles. The lowest BCUT2D eigenvalue weighted by molar-refractivity contribution is 0.0727. The van der Waals surface area contributed by atoms with Gasteiger partial charge in [-0.15, -0.1) is 0 Å². The summed E-state index contributed by atoms with van der Waals surface area (Å²) in [7, 11) is 0. The van der Waals surface area contributed by atoms with Crippen molar-refractivity contribution in [1.29, 1.82) is 0 Å². The summed E-state index contributed by atoms with van der Waals surface area (Å²) in [5, 5.41) is 4.63. The first-order valence-corrected chi connectivity index (χ1v) is 7.66. The van der Waals surface area contributed by atoms with Gasteiger partial charge in [0.1, 0.15) is 0 Å². The molecule has 0 saturated heterocycles. The van der Waals surface area contributed by atoms with E-state index in [0.717, 1.165) is 18.5 Å². The summed E-state index contributed by atoms with van der Waals surface area (Å²) < 4.78 is 7.91. The van der Waals surface area contributed by atoms with Gasteiger partial charge in [0.15, 0.2) is 0 Å². The lowest BCUT2D eigenvalue weighted by atomic mass is 10.0. The van der Waals surface area contributed by atoms with E-state index in [4.69, 9.17) is 10.5 Å². The fourth-order valence-corrected chi connectivity index (χ4v) is 3.41. The molecule has 0 atom stereocenters. The van der Waals surface area contributed by atoms with Crippen molar-refractivity contribution >= 4 is 0 Å². The molecule has 1 aromatic heterocycles. The predicted octanol–water partition coefficient (Wildman–Crippen LogP) is 2.79. The quantitative estimate of drug-likeness (QED) is 0.888. The van der Waals surface area contributed by atoms with E-state index in [2.05, 4.69) is 22.0 Å². The predicted molar refractivity (Wildman–Crippen MR) is 74.8 cm³/mol. The van der Waals surface area contributed by atoms with E-state index in [0.29, 0.717) is 19.3 Å². The maximum absolute atomic E-state index is 6.28. The Morgan fingerprint density at radius 2 is 2.00 bits per heavy atom. The number of nitrogens with two attached hydrogens (primary N) is 1. The summed E-state index contributed by atoms with van der Waals surface area (Å²) >= 11 is 0. The molecular weight excluding hydrogens is 238 g/mol. The average molecular weight is 263 g/mol. The van der Waals surface area contributed by atoms with Crippen molar-refractivity contribution in [2.75, 3.05) is 6.61 Å². The number of hydrogen-bond donors (Lipinski definition) is 1. The van der Waals surface area contributed by atoms with Crippen LogP contribution in [0.5, 0.6) is 0 Å². The maximum Gasteiger partial charge on any atom is 0.0907 e. The van der Waals surface area contributed by atoms with Crippen molar-refractivity contribution in [2.24, 2.45) is 5.73 Å². The normalized spacial score (nSPS) is 23.2. The first kappa shape index (κ1) is 13.1. The summed E-state index contributed by atoms with van der Waals surface area (Å²) in [6.45, 7) is 1.27. The molecule has 2 aliphatic carbocycles. The van der Waals surface area contributed by atoms with Crippen LogP contribution in [0.1, 0.15) is 63.1 Å². The van der Waals surface area contributed by atoms with Crippen molar-refractivity contribution in [3.63, 3.8) is 0 Å². The Hall–Kier alpha value is -0.870. The second-order valence-electron chi connectivity index (χ2n) is 6.29. The zero-order valence-corrected chi connectivity index (χ0v) is 11.7. The molecule has 1 aromatic rings. The minimum atomic E-state index is -0.0754. The topological polar surface area (TPSA) is 53.1 Å². The van der Waals surface area contributed by atoms with Crippen molar-refractivity contribution in [1.82, 2.24) is 9.78 Å². The van der Waals surface area contributed by atoms with Crippen molar-refractivity contribution in [3.05, 3.63) is 18.0 Å². The number of aromatic nitrogens is 2. The fraction of sp³-hybridized carbons (Fsp3) is 0.800. The van der Waals surface area contributed by atoms with Crippen LogP contribution in [0.25, 0.3) is 0 Å². The Morgan fingerprint density at radius 1 is 1.26 bits per heavy atom. The highest BCUT2D eigenvalue weighted by Crippen LogP contribution is 2.29. The summed E-state index contributed by atoms with van der Waals surface area (Å²) in [6.07, 6.45) is 12.0. The fourth-order valence-electron chi connectivity index (χ4n) is 3.41. The van der Waals surface area contributed by atoms with Gasteiger partial charge in [0.2, 0.25) is 0 Å². The van der Waals surface area contributed by atoms with E-state index in [1.54, 1.807) is 0 Å². The number of hydrogen-bond acceptors (Lipinski definition) is 3. The molecule has 2 fully saturated rings. The lowest BCUT2D eigenvalue weighted by Crippen LogP contribution is -2.41.